The van der Waals surface area contributed by atoms with Crippen LogP contribution in [0.15, 0.2) is 18.2 Å². The lowest BCUT2D eigenvalue weighted by Crippen LogP contribution is -2.28. The summed E-state index contributed by atoms with van der Waals surface area (Å²) in [5.74, 6) is -0.167. The third kappa shape index (κ3) is 4.39. The van der Waals surface area contributed by atoms with E-state index in [1.807, 2.05) is 39.8 Å². The summed E-state index contributed by atoms with van der Waals surface area (Å²) in [6, 6.07) is 5.56. The zero-order chi connectivity index (χ0) is 14.6. The van der Waals surface area contributed by atoms with Crippen molar-refractivity contribution in [1.82, 2.24) is 0 Å². The topological polar surface area (TPSA) is 58.2 Å². The van der Waals surface area contributed by atoms with Crippen LogP contribution < -0.4 is 10.6 Å². The van der Waals surface area contributed by atoms with Crippen LogP contribution in [-0.2, 0) is 16.0 Å². The van der Waals surface area contributed by atoms with Crippen molar-refractivity contribution in [1.29, 1.82) is 0 Å². The van der Waals surface area contributed by atoms with E-state index in [0.29, 0.717) is 5.69 Å². The molecule has 0 aliphatic carbocycles. The highest BCUT2D eigenvalue weighted by Gasteiger charge is 2.22. The lowest BCUT2D eigenvalue weighted by Gasteiger charge is -2.19. The second-order valence-corrected chi connectivity index (χ2v) is 5.61. The van der Waals surface area contributed by atoms with Gasteiger partial charge >= 0.3 is 0 Å². The van der Waals surface area contributed by atoms with Crippen molar-refractivity contribution in [3.63, 3.8) is 0 Å². The highest BCUT2D eigenvalue weighted by Crippen LogP contribution is 2.24. The Balaban J connectivity index is 3.02. The van der Waals surface area contributed by atoms with E-state index in [9.17, 15) is 9.59 Å². The number of carbonyl (C=O) groups excluding carboxylic acids is 2. The molecule has 0 aromatic heterocycles. The van der Waals surface area contributed by atoms with Gasteiger partial charge in [0.2, 0.25) is 11.8 Å². The average Bonchev–Trinajstić information content (AvgIpc) is 2.27. The number of benzene rings is 1. The maximum Gasteiger partial charge on any atom is 0.229 e. The molecule has 4 heteroatoms. The fraction of sp³-hybridized carbons (Fsp3) is 0.467. The molecule has 0 saturated carbocycles. The third-order valence-corrected chi connectivity index (χ3v) is 2.74. The Morgan fingerprint density at radius 1 is 1.16 bits per heavy atom. The van der Waals surface area contributed by atoms with Gasteiger partial charge in [-0.3, -0.25) is 9.59 Å². The SMILES string of the molecule is CCc1ccc(NC(C)=O)cc1NC(=O)C(C)(C)C. The molecule has 2 N–H and O–H groups in total. The van der Waals surface area contributed by atoms with Crippen molar-refractivity contribution in [3.8, 4) is 0 Å². The molecule has 0 heterocycles. The van der Waals surface area contributed by atoms with Crippen LogP contribution in [0.25, 0.3) is 0 Å². The lowest BCUT2D eigenvalue weighted by atomic mass is 9.95. The molecule has 0 fully saturated rings. The lowest BCUT2D eigenvalue weighted by molar-refractivity contribution is -0.123. The van der Waals surface area contributed by atoms with Crippen LogP contribution in [0.3, 0.4) is 0 Å². The highest BCUT2D eigenvalue weighted by molar-refractivity contribution is 5.96. The molecule has 0 aliphatic rings. The van der Waals surface area contributed by atoms with E-state index in [2.05, 4.69) is 10.6 Å². The van der Waals surface area contributed by atoms with Crippen LogP contribution in [0, 0.1) is 5.41 Å². The molecular formula is C15H22N2O2. The Hall–Kier alpha value is -1.84. The van der Waals surface area contributed by atoms with E-state index in [4.69, 9.17) is 0 Å². The van der Waals surface area contributed by atoms with Crippen LogP contribution in [0.1, 0.15) is 40.2 Å². The van der Waals surface area contributed by atoms with Gasteiger partial charge in [-0.05, 0) is 24.1 Å². The smallest absolute Gasteiger partial charge is 0.229 e. The Labute approximate surface area is 114 Å². The Morgan fingerprint density at radius 2 is 1.79 bits per heavy atom. The first-order chi connectivity index (χ1) is 8.74. The largest absolute Gasteiger partial charge is 0.326 e. The monoisotopic (exact) mass is 262 g/mol. The van der Waals surface area contributed by atoms with Crippen molar-refractivity contribution < 1.29 is 9.59 Å². The normalized spacial score (nSPS) is 11.0. The molecule has 0 aliphatic heterocycles. The zero-order valence-electron chi connectivity index (χ0n) is 12.3. The van der Waals surface area contributed by atoms with E-state index < -0.39 is 5.41 Å². The van der Waals surface area contributed by atoms with Crippen molar-refractivity contribution in [2.45, 2.75) is 41.0 Å². The number of aryl methyl sites for hydroxylation is 1. The van der Waals surface area contributed by atoms with Gasteiger partial charge in [-0.1, -0.05) is 33.8 Å². The molecule has 0 unspecified atom stereocenters. The minimum Gasteiger partial charge on any atom is -0.326 e. The molecule has 0 radical (unpaired) electrons. The summed E-state index contributed by atoms with van der Waals surface area (Å²) in [5.41, 5.74) is 2.05. The molecule has 1 aromatic carbocycles. The fourth-order valence-electron chi connectivity index (χ4n) is 1.59. The number of rotatable bonds is 3. The van der Waals surface area contributed by atoms with Crippen LogP contribution in [0.4, 0.5) is 11.4 Å². The first kappa shape index (κ1) is 15.2. The molecule has 0 saturated heterocycles. The van der Waals surface area contributed by atoms with Crippen molar-refractivity contribution in [2.24, 2.45) is 5.41 Å². The van der Waals surface area contributed by atoms with Crippen molar-refractivity contribution >= 4 is 23.2 Å². The number of hydrogen-bond donors (Lipinski definition) is 2. The minimum atomic E-state index is -0.449. The number of carbonyl (C=O) groups is 2. The third-order valence-electron chi connectivity index (χ3n) is 2.74. The number of nitrogens with one attached hydrogen (secondary N) is 2. The van der Waals surface area contributed by atoms with Gasteiger partial charge in [0.1, 0.15) is 0 Å². The molecule has 0 spiro atoms. The van der Waals surface area contributed by atoms with Crippen molar-refractivity contribution in [2.75, 3.05) is 10.6 Å². The van der Waals surface area contributed by atoms with Crippen LogP contribution in [0.2, 0.25) is 0 Å². The predicted octanol–water partition coefficient (Wildman–Crippen LogP) is 3.19. The number of anilines is 2. The van der Waals surface area contributed by atoms with Gasteiger partial charge < -0.3 is 10.6 Å². The minimum absolute atomic E-state index is 0.0397. The molecule has 19 heavy (non-hydrogen) atoms. The predicted molar refractivity (Wildman–Crippen MR) is 78.2 cm³/mol. The first-order valence-corrected chi connectivity index (χ1v) is 6.46. The van der Waals surface area contributed by atoms with Gasteiger partial charge in [-0.2, -0.15) is 0 Å². The molecule has 1 rings (SSSR count). The summed E-state index contributed by atoms with van der Waals surface area (Å²) in [5, 5.41) is 5.64. The molecule has 0 bridgehead atoms. The maximum absolute atomic E-state index is 12.0. The molecule has 2 amide bonds. The fourth-order valence-corrected chi connectivity index (χ4v) is 1.59. The highest BCUT2D eigenvalue weighted by atomic mass is 16.2. The van der Waals surface area contributed by atoms with Crippen molar-refractivity contribution in [3.05, 3.63) is 23.8 Å². The zero-order valence-corrected chi connectivity index (χ0v) is 12.3. The van der Waals surface area contributed by atoms with Gasteiger partial charge in [-0.15, -0.1) is 0 Å². The van der Waals surface area contributed by atoms with Gasteiger partial charge in [0.05, 0.1) is 0 Å². The summed E-state index contributed by atoms with van der Waals surface area (Å²) in [7, 11) is 0. The van der Waals surface area contributed by atoms with E-state index >= 15 is 0 Å². The molecule has 1 aromatic rings. The summed E-state index contributed by atoms with van der Waals surface area (Å²) < 4.78 is 0. The molecular weight excluding hydrogens is 240 g/mol. The quantitative estimate of drug-likeness (QED) is 0.879. The second-order valence-electron chi connectivity index (χ2n) is 5.61. The number of amides is 2. The van der Waals surface area contributed by atoms with E-state index in [1.54, 1.807) is 6.07 Å². The summed E-state index contributed by atoms with van der Waals surface area (Å²) in [6.07, 6.45) is 0.820. The summed E-state index contributed by atoms with van der Waals surface area (Å²) >= 11 is 0. The Bertz CT molecular complexity index is 487. The Morgan fingerprint density at radius 3 is 2.26 bits per heavy atom. The summed E-state index contributed by atoms with van der Waals surface area (Å²) in [4.78, 5) is 23.1. The second kappa shape index (κ2) is 5.87. The maximum atomic E-state index is 12.0. The average molecular weight is 262 g/mol. The van der Waals surface area contributed by atoms with Crippen LogP contribution in [-0.4, -0.2) is 11.8 Å². The standard InChI is InChI=1S/C15H22N2O2/c1-6-11-7-8-12(16-10(2)18)9-13(11)17-14(19)15(3,4)5/h7-9H,6H2,1-5H3,(H,16,18)(H,17,19). The summed E-state index contributed by atoms with van der Waals surface area (Å²) in [6.45, 7) is 9.09. The van der Waals surface area contributed by atoms with Gasteiger partial charge in [0, 0.05) is 23.7 Å². The Kier molecular flexibility index (Phi) is 4.70. The van der Waals surface area contributed by atoms with Crippen LogP contribution in [0.5, 0.6) is 0 Å². The first-order valence-electron chi connectivity index (χ1n) is 6.46. The number of hydrogen-bond acceptors (Lipinski definition) is 2. The molecule has 104 valence electrons. The van der Waals surface area contributed by atoms with E-state index in [-0.39, 0.29) is 11.8 Å². The van der Waals surface area contributed by atoms with E-state index in [1.165, 1.54) is 6.92 Å². The molecule has 0 atom stereocenters. The van der Waals surface area contributed by atoms with Gasteiger partial charge in [0.15, 0.2) is 0 Å². The molecule has 4 nitrogen and oxygen atoms in total. The van der Waals surface area contributed by atoms with Gasteiger partial charge in [0.25, 0.3) is 0 Å². The van der Waals surface area contributed by atoms with Gasteiger partial charge in [-0.25, -0.2) is 0 Å². The van der Waals surface area contributed by atoms with Crippen LogP contribution >= 0.6 is 0 Å². The van der Waals surface area contributed by atoms with E-state index in [0.717, 1.165) is 17.7 Å².